The molecule has 0 atom stereocenters. The molecular formula is C10H10ClN5O. The van der Waals surface area contributed by atoms with Crippen molar-refractivity contribution in [3.8, 4) is 0 Å². The van der Waals surface area contributed by atoms with E-state index in [0.717, 1.165) is 0 Å². The molecule has 17 heavy (non-hydrogen) atoms. The number of pyridine rings is 1. The zero-order valence-corrected chi connectivity index (χ0v) is 9.61. The van der Waals surface area contributed by atoms with E-state index in [1.54, 1.807) is 24.4 Å². The van der Waals surface area contributed by atoms with Gasteiger partial charge in [-0.3, -0.25) is 5.32 Å². The molecule has 0 radical (unpaired) electrons. The maximum absolute atomic E-state index is 11.3. The quantitative estimate of drug-likeness (QED) is 0.816. The van der Waals surface area contributed by atoms with Gasteiger partial charge in [-0.2, -0.15) is 4.98 Å². The predicted octanol–water partition coefficient (Wildman–Crippen LogP) is 1.69. The van der Waals surface area contributed by atoms with E-state index in [0.29, 0.717) is 17.2 Å². The minimum Gasteiger partial charge on any atom is -0.334 e. The molecule has 7 heteroatoms. The summed E-state index contributed by atoms with van der Waals surface area (Å²) in [4.78, 5) is 15.4. The summed E-state index contributed by atoms with van der Waals surface area (Å²) in [5, 5.41) is 9.65. The Labute approximate surface area is 102 Å². The van der Waals surface area contributed by atoms with Crippen LogP contribution in [0.25, 0.3) is 5.65 Å². The number of anilines is 1. The molecule has 0 bridgehead atoms. The van der Waals surface area contributed by atoms with E-state index >= 15 is 0 Å². The number of halogens is 1. The van der Waals surface area contributed by atoms with Gasteiger partial charge in [0.2, 0.25) is 0 Å². The first kappa shape index (κ1) is 11.4. The third kappa shape index (κ3) is 2.73. The number of aromatic nitrogens is 3. The second-order valence-electron chi connectivity index (χ2n) is 3.21. The van der Waals surface area contributed by atoms with E-state index in [-0.39, 0.29) is 12.0 Å². The average Bonchev–Trinajstić information content (AvgIpc) is 2.67. The van der Waals surface area contributed by atoms with Crippen LogP contribution in [0.3, 0.4) is 0 Å². The number of amides is 2. The lowest BCUT2D eigenvalue weighted by molar-refractivity contribution is 0.253. The van der Waals surface area contributed by atoms with Crippen molar-refractivity contribution >= 4 is 29.2 Å². The smallest absolute Gasteiger partial charge is 0.321 e. The van der Waals surface area contributed by atoms with Gasteiger partial charge in [-0.1, -0.05) is 17.7 Å². The molecular weight excluding hydrogens is 242 g/mol. The molecule has 6 nitrogen and oxygen atoms in total. The summed E-state index contributed by atoms with van der Waals surface area (Å²) >= 11 is 5.80. The van der Waals surface area contributed by atoms with Crippen LogP contribution in [0.4, 0.5) is 10.7 Å². The topological polar surface area (TPSA) is 71.3 Å². The third-order valence-corrected chi connectivity index (χ3v) is 2.15. The Morgan fingerprint density at radius 1 is 1.59 bits per heavy atom. The van der Waals surface area contributed by atoms with E-state index in [9.17, 15) is 4.79 Å². The first-order chi connectivity index (χ1) is 8.19. The van der Waals surface area contributed by atoms with Gasteiger partial charge in [-0.05, 0) is 12.1 Å². The van der Waals surface area contributed by atoms with Gasteiger partial charge < -0.3 is 5.32 Å². The van der Waals surface area contributed by atoms with Crippen LogP contribution in [0, 0.1) is 0 Å². The summed E-state index contributed by atoms with van der Waals surface area (Å²) in [6, 6.07) is 3.03. The van der Waals surface area contributed by atoms with Crippen molar-refractivity contribution in [1.29, 1.82) is 0 Å². The Morgan fingerprint density at radius 3 is 3.18 bits per heavy atom. The number of urea groups is 1. The van der Waals surface area contributed by atoms with Crippen molar-refractivity contribution in [3.63, 3.8) is 0 Å². The van der Waals surface area contributed by atoms with Crippen LogP contribution in [-0.2, 0) is 0 Å². The number of nitrogens with one attached hydrogen (secondary N) is 2. The SMILES string of the molecule is C=CCNC(=O)Nc1nc2ccc(Cl)cn2n1. The fourth-order valence-corrected chi connectivity index (χ4v) is 1.38. The number of rotatable bonds is 3. The Balaban J connectivity index is 2.14. The van der Waals surface area contributed by atoms with Crippen LogP contribution in [0.15, 0.2) is 31.0 Å². The predicted molar refractivity (Wildman–Crippen MR) is 65.2 cm³/mol. The van der Waals surface area contributed by atoms with Gasteiger partial charge >= 0.3 is 6.03 Å². The lowest BCUT2D eigenvalue weighted by Crippen LogP contribution is -2.29. The zero-order chi connectivity index (χ0) is 12.3. The molecule has 0 unspecified atom stereocenters. The molecule has 0 aliphatic carbocycles. The molecule has 0 aromatic carbocycles. The van der Waals surface area contributed by atoms with E-state index in [4.69, 9.17) is 11.6 Å². The highest BCUT2D eigenvalue weighted by Crippen LogP contribution is 2.11. The first-order valence-corrected chi connectivity index (χ1v) is 5.24. The van der Waals surface area contributed by atoms with Crippen LogP contribution >= 0.6 is 11.6 Å². The molecule has 0 spiro atoms. The van der Waals surface area contributed by atoms with Crippen molar-refractivity contribution in [2.45, 2.75) is 0 Å². The molecule has 2 aromatic rings. The summed E-state index contributed by atoms with van der Waals surface area (Å²) in [5.74, 6) is 0.217. The number of fused-ring (bicyclic) bond motifs is 1. The van der Waals surface area contributed by atoms with E-state index in [1.165, 1.54) is 4.52 Å². The van der Waals surface area contributed by atoms with Gasteiger partial charge in [0.05, 0.1) is 5.02 Å². The lowest BCUT2D eigenvalue weighted by Gasteiger charge is -2.00. The normalized spacial score (nSPS) is 10.2. The Hall–Kier alpha value is -2.08. The van der Waals surface area contributed by atoms with Gasteiger partial charge in [-0.25, -0.2) is 9.31 Å². The molecule has 2 aromatic heterocycles. The van der Waals surface area contributed by atoms with E-state index in [2.05, 4.69) is 27.3 Å². The maximum Gasteiger partial charge on any atom is 0.321 e. The Morgan fingerprint density at radius 2 is 2.41 bits per heavy atom. The van der Waals surface area contributed by atoms with Crippen LogP contribution in [-0.4, -0.2) is 27.2 Å². The lowest BCUT2D eigenvalue weighted by atomic mass is 10.5. The number of carbonyl (C=O) groups is 1. The molecule has 0 saturated carbocycles. The number of carbonyl (C=O) groups excluding carboxylic acids is 1. The number of nitrogens with zero attached hydrogens (tertiary/aromatic N) is 3. The highest BCUT2D eigenvalue weighted by Gasteiger charge is 2.06. The summed E-state index contributed by atoms with van der Waals surface area (Å²) in [6.45, 7) is 3.87. The van der Waals surface area contributed by atoms with Crippen molar-refractivity contribution in [3.05, 3.63) is 36.0 Å². The third-order valence-electron chi connectivity index (χ3n) is 1.93. The summed E-state index contributed by atoms with van der Waals surface area (Å²) in [6.07, 6.45) is 3.19. The number of hydrogen-bond acceptors (Lipinski definition) is 3. The van der Waals surface area contributed by atoms with E-state index in [1.807, 2.05) is 0 Å². The van der Waals surface area contributed by atoms with Gasteiger partial charge in [0.15, 0.2) is 5.65 Å². The summed E-state index contributed by atoms with van der Waals surface area (Å²) < 4.78 is 1.49. The minimum absolute atomic E-state index is 0.217. The van der Waals surface area contributed by atoms with Crippen molar-refractivity contribution in [2.75, 3.05) is 11.9 Å². The Kier molecular flexibility index (Phi) is 3.24. The van der Waals surface area contributed by atoms with Crippen LogP contribution in [0.2, 0.25) is 5.02 Å². The molecule has 2 N–H and O–H groups in total. The van der Waals surface area contributed by atoms with Crippen molar-refractivity contribution in [1.82, 2.24) is 19.9 Å². The molecule has 0 aliphatic heterocycles. The first-order valence-electron chi connectivity index (χ1n) is 4.87. The minimum atomic E-state index is -0.382. The second kappa shape index (κ2) is 4.84. The van der Waals surface area contributed by atoms with Gasteiger partial charge in [0, 0.05) is 12.7 Å². The standard InChI is InChI=1S/C10H10ClN5O/c1-2-5-12-10(17)14-9-13-8-4-3-7(11)6-16(8)15-9/h2-4,6H,1,5H2,(H2,12,14,15,17). The molecule has 2 amide bonds. The summed E-state index contributed by atoms with van der Waals surface area (Å²) in [5.41, 5.74) is 0.605. The molecule has 2 heterocycles. The number of hydrogen-bond donors (Lipinski definition) is 2. The van der Waals surface area contributed by atoms with E-state index < -0.39 is 0 Å². The fourth-order valence-electron chi connectivity index (χ4n) is 1.22. The van der Waals surface area contributed by atoms with Crippen molar-refractivity contribution < 1.29 is 4.79 Å². The molecule has 88 valence electrons. The molecule has 0 saturated heterocycles. The monoisotopic (exact) mass is 251 g/mol. The fraction of sp³-hybridized carbons (Fsp3) is 0.100. The van der Waals surface area contributed by atoms with Gasteiger partial charge in [0.25, 0.3) is 5.95 Å². The second-order valence-corrected chi connectivity index (χ2v) is 3.65. The highest BCUT2D eigenvalue weighted by molar-refractivity contribution is 6.30. The largest absolute Gasteiger partial charge is 0.334 e. The molecule has 2 rings (SSSR count). The molecule has 0 fully saturated rings. The van der Waals surface area contributed by atoms with Crippen LogP contribution in [0.5, 0.6) is 0 Å². The highest BCUT2D eigenvalue weighted by atomic mass is 35.5. The Bertz CT molecular complexity index is 565. The zero-order valence-electron chi connectivity index (χ0n) is 8.85. The summed E-state index contributed by atoms with van der Waals surface area (Å²) in [7, 11) is 0. The van der Waals surface area contributed by atoms with Crippen molar-refractivity contribution in [2.24, 2.45) is 0 Å². The molecule has 0 aliphatic rings. The van der Waals surface area contributed by atoms with Crippen LogP contribution in [0.1, 0.15) is 0 Å². The maximum atomic E-state index is 11.3. The van der Waals surface area contributed by atoms with Gasteiger partial charge in [0.1, 0.15) is 0 Å². The average molecular weight is 252 g/mol. The van der Waals surface area contributed by atoms with Gasteiger partial charge in [-0.15, -0.1) is 11.7 Å². The van der Waals surface area contributed by atoms with Crippen LogP contribution < -0.4 is 10.6 Å².